The monoisotopic (exact) mass is 325 g/mol. The number of rotatable bonds is 5. The van der Waals surface area contributed by atoms with Crippen LogP contribution in [0.3, 0.4) is 0 Å². The molecule has 3 aromatic rings. The van der Waals surface area contributed by atoms with Crippen molar-refractivity contribution in [2.45, 2.75) is 13.2 Å². The molecule has 0 heterocycles. The molecule has 0 aliphatic rings. The first-order valence-corrected chi connectivity index (χ1v) is 7.62. The summed E-state index contributed by atoms with van der Waals surface area (Å²) in [6.07, 6.45) is 0. The number of hydrogen-bond acceptors (Lipinski definition) is 2. The molecule has 3 aromatic carbocycles. The number of benzene rings is 3. The zero-order chi connectivity index (χ0) is 16.9. The van der Waals surface area contributed by atoms with Gasteiger partial charge in [-0.05, 0) is 35.4 Å². The van der Waals surface area contributed by atoms with E-state index in [0.29, 0.717) is 23.5 Å². The van der Waals surface area contributed by atoms with Gasteiger partial charge in [0.05, 0.1) is 0 Å². The fourth-order valence-corrected chi connectivity index (χ4v) is 2.51. The Bertz CT molecular complexity index is 834. The lowest BCUT2D eigenvalue weighted by molar-refractivity contribution is 0.303. The largest absolute Gasteiger partial charge is 0.489 e. The first kappa shape index (κ1) is 16.1. The lowest BCUT2D eigenvalue weighted by Crippen LogP contribution is -2.03. The summed E-state index contributed by atoms with van der Waals surface area (Å²) in [5, 5.41) is 0. The van der Waals surface area contributed by atoms with Gasteiger partial charge < -0.3 is 10.5 Å². The first-order valence-electron chi connectivity index (χ1n) is 7.62. The van der Waals surface area contributed by atoms with E-state index in [1.54, 1.807) is 18.2 Å². The SMILES string of the molecule is NCc1cc(-c2ccc(F)cc2F)ccc1OCc1ccccc1. The van der Waals surface area contributed by atoms with Crippen molar-refractivity contribution >= 4 is 0 Å². The second-order valence-electron chi connectivity index (χ2n) is 5.43. The van der Waals surface area contributed by atoms with Gasteiger partial charge in [0.2, 0.25) is 0 Å². The molecule has 0 amide bonds. The molecule has 24 heavy (non-hydrogen) atoms. The zero-order valence-corrected chi connectivity index (χ0v) is 13.0. The van der Waals surface area contributed by atoms with Crippen molar-refractivity contribution in [3.05, 3.63) is 89.5 Å². The Balaban J connectivity index is 1.85. The van der Waals surface area contributed by atoms with Crippen LogP contribution in [0.4, 0.5) is 8.78 Å². The van der Waals surface area contributed by atoms with Crippen LogP contribution in [0, 0.1) is 11.6 Å². The van der Waals surface area contributed by atoms with Crippen LogP contribution in [-0.4, -0.2) is 0 Å². The van der Waals surface area contributed by atoms with Crippen LogP contribution < -0.4 is 10.5 Å². The van der Waals surface area contributed by atoms with Gasteiger partial charge in [0.15, 0.2) is 0 Å². The fraction of sp³-hybridized carbons (Fsp3) is 0.100. The Morgan fingerprint density at radius 1 is 0.875 bits per heavy atom. The summed E-state index contributed by atoms with van der Waals surface area (Å²) in [6.45, 7) is 0.693. The average molecular weight is 325 g/mol. The van der Waals surface area contributed by atoms with E-state index in [9.17, 15) is 8.78 Å². The molecule has 4 heteroatoms. The Hall–Kier alpha value is -2.72. The first-order chi connectivity index (χ1) is 11.7. The fourth-order valence-electron chi connectivity index (χ4n) is 2.51. The van der Waals surface area contributed by atoms with Gasteiger partial charge in [-0.15, -0.1) is 0 Å². The lowest BCUT2D eigenvalue weighted by Gasteiger charge is -2.13. The van der Waals surface area contributed by atoms with Crippen molar-refractivity contribution in [1.82, 2.24) is 0 Å². The third-order valence-electron chi connectivity index (χ3n) is 3.76. The van der Waals surface area contributed by atoms with E-state index in [-0.39, 0.29) is 6.54 Å². The molecule has 0 unspecified atom stereocenters. The van der Waals surface area contributed by atoms with E-state index in [1.807, 2.05) is 30.3 Å². The predicted octanol–water partition coefficient (Wildman–Crippen LogP) is 4.67. The number of ether oxygens (including phenoxy) is 1. The second kappa shape index (κ2) is 7.23. The second-order valence-corrected chi connectivity index (χ2v) is 5.43. The van der Waals surface area contributed by atoms with E-state index >= 15 is 0 Å². The minimum absolute atomic E-state index is 0.265. The summed E-state index contributed by atoms with van der Waals surface area (Å²) in [6, 6.07) is 18.6. The van der Waals surface area contributed by atoms with E-state index in [4.69, 9.17) is 10.5 Å². The topological polar surface area (TPSA) is 35.2 Å². The smallest absolute Gasteiger partial charge is 0.133 e. The van der Waals surface area contributed by atoms with E-state index in [2.05, 4.69) is 0 Å². The van der Waals surface area contributed by atoms with Crippen LogP contribution in [-0.2, 0) is 13.2 Å². The normalized spacial score (nSPS) is 10.6. The Morgan fingerprint density at radius 3 is 2.38 bits per heavy atom. The highest BCUT2D eigenvalue weighted by Gasteiger charge is 2.10. The van der Waals surface area contributed by atoms with Crippen molar-refractivity contribution in [2.75, 3.05) is 0 Å². The van der Waals surface area contributed by atoms with E-state index in [1.165, 1.54) is 12.1 Å². The van der Waals surface area contributed by atoms with E-state index in [0.717, 1.165) is 17.2 Å². The average Bonchev–Trinajstić information content (AvgIpc) is 2.61. The van der Waals surface area contributed by atoms with E-state index < -0.39 is 11.6 Å². The maximum absolute atomic E-state index is 13.9. The highest BCUT2D eigenvalue weighted by Crippen LogP contribution is 2.29. The lowest BCUT2D eigenvalue weighted by atomic mass is 10.0. The van der Waals surface area contributed by atoms with Gasteiger partial charge >= 0.3 is 0 Å². The summed E-state index contributed by atoms with van der Waals surface area (Å²) in [5.41, 5.74) is 8.59. The van der Waals surface area contributed by atoms with Crippen molar-refractivity contribution in [3.63, 3.8) is 0 Å². The quantitative estimate of drug-likeness (QED) is 0.740. The molecule has 0 atom stereocenters. The number of nitrogens with two attached hydrogens (primary N) is 1. The predicted molar refractivity (Wildman–Crippen MR) is 90.5 cm³/mol. The van der Waals surface area contributed by atoms with Gasteiger partial charge in [-0.25, -0.2) is 8.78 Å². The molecular weight excluding hydrogens is 308 g/mol. The molecule has 2 N–H and O–H groups in total. The molecule has 0 aromatic heterocycles. The molecule has 0 aliphatic carbocycles. The minimum Gasteiger partial charge on any atom is -0.489 e. The molecule has 0 bridgehead atoms. The third-order valence-corrected chi connectivity index (χ3v) is 3.76. The summed E-state index contributed by atoms with van der Waals surface area (Å²) in [7, 11) is 0. The van der Waals surface area contributed by atoms with Gasteiger partial charge in [0.25, 0.3) is 0 Å². The number of hydrogen-bond donors (Lipinski definition) is 1. The Kier molecular flexibility index (Phi) is 4.87. The molecule has 122 valence electrons. The Labute approximate surface area is 139 Å². The van der Waals surface area contributed by atoms with Crippen molar-refractivity contribution in [1.29, 1.82) is 0 Å². The van der Waals surface area contributed by atoms with Crippen LogP contribution in [0.25, 0.3) is 11.1 Å². The minimum atomic E-state index is -0.601. The summed E-state index contributed by atoms with van der Waals surface area (Å²) < 4.78 is 32.8. The highest BCUT2D eigenvalue weighted by atomic mass is 19.1. The molecule has 2 nitrogen and oxygen atoms in total. The van der Waals surface area contributed by atoms with Crippen LogP contribution in [0.1, 0.15) is 11.1 Å². The van der Waals surface area contributed by atoms with Gasteiger partial charge in [0.1, 0.15) is 24.0 Å². The molecular formula is C20H17F2NO. The zero-order valence-electron chi connectivity index (χ0n) is 13.0. The number of halogens is 2. The molecule has 0 spiro atoms. The standard InChI is InChI=1S/C20H17F2NO/c21-17-7-8-18(19(22)11-17)15-6-9-20(16(10-15)12-23)24-13-14-4-2-1-3-5-14/h1-11H,12-13,23H2. The maximum atomic E-state index is 13.9. The molecule has 0 saturated carbocycles. The van der Waals surface area contributed by atoms with Crippen molar-refractivity contribution < 1.29 is 13.5 Å². The summed E-state index contributed by atoms with van der Waals surface area (Å²) in [5.74, 6) is -0.540. The molecule has 0 fully saturated rings. The highest BCUT2D eigenvalue weighted by molar-refractivity contribution is 5.66. The van der Waals surface area contributed by atoms with Gasteiger partial charge in [-0.3, -0.25) is 0 Å². The van der Waals surface area contributed by atoms with Crippen LogP contribution in [0.15, 0.2) is 66.7 Å². The van der Waals surface area contributed by atoms with Gasteiger partial charge in [0, 0.05) is 23.7 Å². The van der Waals surface area contributed by atoms with Crippen LogP contribution >= 0.6 is 0 Å². The van der Waals surface area contributed by atoms with Crippen LogP contribution in [0.2, 0.25) is 0 Å². The maximum Gasteiger partial charge on any atom is 0.133 e. The van der Waals surface area contributed by atoms with Crippen molar-refractivity contribution in [3.8, 4) is 16.9 Å². The summed E-state index contributed by atoms with van der Waals surface area (Å²) >= 11 is 0. The van der Waals surface area contributed by atoms with Crippen LogP contribution in [0.5, 0.6) is 5.75 Å². The van der Waals surface area contributed by atoms with Gasteiger partial charge in [-0.1, -0.05) is 36.4 Å². The van der Waals surface area contributed by atoms with Gasteiger partial charge in [-0.2, -0.15) is 0 Å². The third kappa shape index (κ3) is 3.60. The molecule has 3 rings (SSSR count). The molecule has 0 radical (unpaired) electrons. The molecule has 0 saturated heterocycles. The van der Waals surface area contributed by atoms with Crippen molar-refractivity contribution in [2.24, 2.45) is 5.73 Å². The molecule has 0 aliphatic heterocycles. The Morgan fingerprint density at radius 2 is 1.67 bits per heavy atom. The summed E-state index contributed by atoms with van der Waals surface area (Å²) in [4.78, 5) is 0.